The standard InChI is InChI=1S/C25H48O5/c1-2-3-4-5-6-7-8-9-10-11-12-13-14-15-16-17-18-19-29-25-22(27)21-30-23(20-26)24(25)28/h14-15,22-28H,2-13,16-21H2,1H3/b15-14+/t22-,23+,24+,25+/m0/s1. The van der Waals surface area contributed by atoms with Gasteiger partial charge in [0.15, 0.2) is 0 Å². The SMILES string of the molecule is CCCCCCCCCCCCC/C=C/CCCCO[C@H]1[C@H](O)[C@@H](CO)OC[C@@H]1O. The van der Waals surface area contributed by atoms with E-state index in [1.807, 2.05) is 0 Å². The van der Waals surface area contributed by atoms with Gasteiger partial charge in [0.25, 0.3) is 0 Å². The lowest BCUT2D eigenvalue weighted by molar-refractivity contribution is -0.210. The van der Waals surface area contributed by atoms with Gasteiger partial charge in [0.05, 0.1) is 13.2 Å². The quantitative estimate of drug-likeness (QED) is 0.201. The third-order valence-corrected chi connectivity index (χ3v) is 5.97. The molecule has 1 aliphatic heterocycles. The zero-order valence-corrected chi connectivity index (χ0v) is 19.4. The van der Waals surface area contributed by atoms with Gasteiger partial charge in [-0.05, 0) is 32.1 Å². The second-order valence-corrected chi connectivity index (χ2v) is 8.74. The lowest BCUT2D eigenvalue weighted by Gasteiger charge is -2.37. The fourth-order valence-electron chi connectivity index (χ4n) is 3.97. The van der Waals surface area contributed by atoms with Crippen molar-refractivity contribution in [2.24, 2.45) is 0 Å². The van der Waals surface area contributed by atoms with E-state index < -0.39 is 24.4 Å². The second kappa shape index (κ2) is 19.2. The summed E-state index contributed by atoms with van der Waals surface area (Å²) in [7, 11) is 0. The van der Waals surface area contributed by atoms with Crippen LogP contribution < -0.4 is 0 Å². The Kier molecular flexibility index (Phi) is 17.7. The molecule has 30 heavy (non-hydrogen) atoms. The average Bonchev–Trinajstić information content (AvgIpc) is 2.75. The second-order valence-electron chi connectivity index (χ2n) is 8.74. The minimum absolute atomic E-state index is 0.0920. The van der Waals surface area contributed by atoms with Gasteiger partial charge >= 0.3 is 0 Å². The molecule has 5 heteroatoms. The number of unbranched alkanes of at least 4 members (excludes halogenated alkanes) is 13. The Bertz CT molecular complexity index is 401. The maximum Gasteiger partial charge on any atom is 0.114 e. The molecule has 0 spiro atoms. The summed E-state index contributed by atoms with van der Waals surface area (Å²) >= 11 is 0. The summed E-state index contributed by atoms with van der Waals surface area (Å²) in [5.74, 6) is 0. The number of hydrogen-bond acceptors (Lipinski definition) is 5. The molecule has 0 aliphatic carbocycles. The van der Waals surface area contributed by atoms with Gasteiger partial charge in [-0.25, -0.2) is 0 Å². The van der Waals surface area contributed by atoms with Gasteiger partial charge in [-0.3, -0.25) is 0 Å². The molecule has 0 radical (unpaired) electrons. The molecule has 178 valence electrons. The van der Waals surface area contributed by atoms with Gasteiger partial charge in [-0.2, -0.15) is 0 Å². The van der Waals surface area contributed by atoms with Crippen molar-refractivity contribution in [1.82, 2.24) is 0 Å². The van der Waals surface area contributed by atoms with Crippen LogP contribution in [0.1, 0.15) is 103 Å². The maximum atomic E-state index is 10.1. The van der Waals surface area contributed by atoms with Crippen LogP contribution in [-0.4, -0.2) is 59.6 Å². The van der Waals surface area contributed by atoms with Crippen molar-refractivity contribution in [3.05, 3.63) is 12.2 Å². The van der Waals surface area contributed by atoms with E-state index in [9.17, 15) is 10.2 Å². The van der Waals surface area contributed by atoms with Crippen LogP contribution in [-0.2, 0) is 9.47 Å². The van der Waals surface area contributed by atoms with Crippen LogP contribution in [0.3, 0.4) is 0 Å². The van der Waals surface area contributed by atoms with Crippen molar-refractivity contribution in [1.29, 1.82) is 0 Å². The fourth-order valence-corrected chi connectivity index (χ4v) is 3.97. The molecule has 5 nitrogen and oxygen atoms in total. The van der Waals surface area contributed by atoms with Crippen molar-refractivity contribution in [3.8, 4) is 0 Å². The summed E-state index contributed by atoms with van der Waals surface area (Å²) in [5, 5.41) is 29.1. The molecule has 0 saturated carbocycles. The van der Waals surface area contributed by atoms with Crippen LogP contribution in [0, 0.1) is 0 Å². The highest BCUT2D eigenvalue weighted by atomic mass is 16.6. The number of ether oxygens (including phenoxy) is 2. The predicted octanol–water partition coefficient (Wildman–Crippen LogP) is 4.91. The summed E-state index contributed by atoms with van der Waals surface area (Å²) in [6.45, 7) is 2.60. The molecular weight excluding hydrogens is 380 g/mol. The van der Waals surface area contributed by atoms with E-state index in [1.54, 1.807) is 0 Å². The summed E-state index contributed by atoms with van der Waals surface area (Å²) in [6, 6.07) is 0. The Morgan fingerprint density at radius 2 is 1.33 bits per heavy atom. The zero-order valence-electron chi connectivity index (χ0n) is 19.4. The molecule has 0 unspecified atom stereocenters. The van der Waals surface area contributed by atoms with Crippen LogP contribution in [0.15, 0.2) is 12.2 Å². The molecule has 3 N–H and O–H groups in total. The van der Waals surface area contributed by atoms with Gasteiger partial charge in [-0.1, -0.05) is 83.3 Å². The van der Waals surface area contributed by atoms with Crippen molar-refractivity contribution in [3.63, 3.8) is 0 Å². The number of hydrogen-bond donors (Lipinski definition) is 3. The zero-order chi connectivity index (χ0) is 21.9. The van der Waals surface area contributed by atoms with Crippen LogP contribution in [0.25, 0.3) is 0 Å². The van der Waals surface area contributed by atoms with Gasteiger partial charge in [0.1, 0.15) is 24.4 Å². The first-order valence-corrected chi connectivity index (χ1v) is 12.6. The monoisotopic (exact) mass is 428 g/mol. The van der Waals surface area contributed by atoms with Crippen molar-refractivity contribution >= 4 is 0 Å². The number of rotatable bonds is 19. The summed E-state index contributed by atoms with van der Waals surface area (Å²) in [6.07, 6.45) is 20.8. The van der Waals surface area contributed by atoms with Gasteiger partial charge in [-0.15, -0.1) is 0 Å². The molecule has 0 amide bonds. The minimum atomic E-state index is -0.982. The maximum absolute atomic E-state index is 10.1. The molecule has 0 aromatic rings. The van der Waals surface area contributed by atoms with Crippen molar-refractivity contribution in [2.45, 2.75) is 128 Å². The van der Waals surface area contributed by atoms with Gasteiger partial charge in [0.2, 0.25) is 0 Å². The molecule has 1 rings (SSSR count). The van der Waals surface area contributed by atoms with E-state index in [4.69, 9.17) is 14.6 Å². The highest BCUT2D eigenvalue weighted by Gasteiger charge is 2.38. The summed E-state index contributed by atoms with van der Waals surface area (Å²) < 4.78 is 10.8. The first-order chi connectivity index (χ1) is 14.7. The molecule has 1 fully saturated rings. The topological polar surface area (TPSA) is 79.2 Å². The molecule has 1 aliphatic rings. The highest BCUT2D eigenvalue weighted by molar-refractivity contribution is 4.87. The predicted molar refractivity (Wildman–Crippen MR) is 123 cm³/mol. The van der Waals surface area contributed by atoms with E-state index >= 15 is 0 Å². The van der Waals surface area contributed by atoms with Crippen LogP contribution in [0.5, 0.6) is 0 Å². The smallest absolute Gasteiger partial charge is 0.114 e. The van der Waals surface area contributed by atoms with Crippen molar-refractivity contribution in [2.75, 3.05) is 19.8 Å². The largest absolute Gasteiger partial charge is 0.394 e. The average molecular weight is 429 g/mol. The Balaban J connectivity index is 1.86. The third-order valence-electron chi connectivity index (χ3n) is 5.97. The third kappa shape index (κ3) is 13.1. The Hall–Kier alpha value is -0.460. The normalized spacial score (nSPS) is 24.7. The Morgan fingerprint density at radius 1 is 0.800 bits per heavy atom. The van der Waals surface area contributed by atoms with Crippen LogP contribution in [0.2, 0.25) is 0 Å². The molecule has 1 heterocycles. The fraction of sp³-hybridized carbons (Fsp3) is 0.920. The first kappa shape index (κ1) is 27.6. The summed E-state index contributed by atoms with van der Waals surface area (Å²) in [5.41, 5.74) is 0. The van der Waals surface area contributed by atoms with Crippen LogP contribution >= 0.6 is 0 Å². The molecule has 0 aromatic carbocycles. The van der Waals surface area contributed by atoms with E-state index in [2.05, 4.69) is 19.1 Å². The van der Waals surface area contributed by atoms with Gasteiger partial charge < -0.3 is 24.8 Å². The lowest BCUT2D eigenvalue weighted by Crippen LogP contribution is -2.55. The Morgan fingerprint density at radius 3 is 1.90 bits per heavy atom. The molecular formula is C25H48O5. The molecule has 4 atom stereocenters. The van der Waals surface area contributed by atoms with Crippen molar-refractivity contribution < 1.29 is 24.8 Å². The number of aliphatic hydroxyl groups excluding tert-OH is 3. The number of allylic oxidation sites excluding steroid dienone is 2. The van der Waals surface area contributed by atoms with E-state index in [-0.39, 0.29) is 13.2 Å². The lowest BCUT2D eigenvalue weighted by atomic mass is 10.0. The van der Waals surface area contributed by atoms with Gasteiger partial charge in [0, 0.05) is 6.61 Å². The first-order valence-electron chi connectivity index (χ1n) is 12.6. The molecule has 0 bridgehead atoms. The minimum Gasteiger partial charge on any atom is -0.394 e. The molecule has 1 saturated heterocycles. The summed E-state index contributed by atoms with van der Waals surface area (Å²) in [4.78, 5) is 0. The Labute approximate surface area is 184 Å². The molecule has 0 aromatic heterocycles. The van der Waals surface area contributed by atoms with E-state index in [0.29, 0.717) is 6.61 Å². The number of aliphatic hydroxyl groups is 3. The highest BCUT2D eigenvalue weighted by Crippen LogP contribution is 2.19. The van der Waals surface area contributed by atoms with Crippen LogP contribution in [0.4, 0.5) is 0 Å². The van der Waals surface area contributed by atoms with E-state index in [1.165, 1.54) is 77.0 Å². The van der Waals surface area contributed by atoms with E-state index in [0.717, 1.165) is 19.3 Å².